The number of fused-ring (bicyclic) bond motifs is 1. The van der Waals surface area contributed by atoms with E-state index >= 15 is 0 Å². The third-order valence-electron chi connectivity index (χ3n) is 5.45. The minimum absolute atomic E-state index is 0.0369. The highest BCUT2D eigenvalue weighted by Gasteiger charge is 2.44. The molecule has 0 radical (unpaired) electrons. The van der Waals surface area contributed by atoms with Crippen molar-refractivity contribution in [2.45, 2.75) is 30.5 Å². The lowest BCUT2D eigenvalue weighted by atomic mass is 9.90. The normalized spacial score (nSPS) is 25.8. The van der Waals surface area contributed by atoms with Crippen molar-refractivity contribution in [2.24, 2.45) is 0 Å². The molecule has 0 bridgehead atoms. The van der Waals surface area contributed by atoms with E-state index in [9.17, 15) is 45.6 Å². The lowest BCUT2D eigenvalue weighted by molar-refractivity contribution is -0.232. The van der Waals surface area contributed by atoms with Gasteiger partial charge in [0.05, 0.1) is 6.61 Å². The van der Waals surface area contributed by atoms with Gasteiger partial charge in [-0.2, -0.15) is 0 Å². The summed E-state index contributed by atoms with van der Waals surface area (Å²) < 4.78 is 11.0. The van der Waals surface area contributed by atoms with Gasteiger partial charge in [-0.05, 0) is 18.2 Å². The molecule has 170 valence electrons. The molecule has 1 saturated heterocycles. The molecule has 4 rings (SSSR count). The standard InChI is InChI=1S/C21H20O11/c22-6-14-17(28)18(29)19(30)20(32-14)8-3-7(1-2-9(8)23)13-5-11(25)15-10(24)4-12(26)16(27)21(15)31-13/h1-5,14,17-20,22-24,26-30H,6H2. The number of phenolic OH excluding ortho intramolecular Hbond substituents is 4. The SMILES string of the molecule is O=c1cc(-c2ccc(O)c(C3OC(CO)C(O)C(O)C3O)c2)oc2c(O)c(O)cc(O)c12. The Kier molecular flexibility index (Phi) is 5.44. The molecular weight excluding hydrogens is 428 g/mol. The molecule has 8 N–H and O–H groups in total. The van der Waals surface area contributed by atoms with Crippen LogP contribution in [0.2, 0.25) is 0 Å². The Morgan fingerprint density at radius 3 is 2.25 bits per heavy atom. The van der Waals surface area contributed by atoms with E-state index in [2.05, 4.69) is 0 Å². The highest BCUT2D eigenvalue weighted by Crippen LogP contribution is 2.41. The third-order valence-corrected chi connectivity index (χ3v) is 5.45. The minimum atomic E-state index is -1.67. The van der Waals surface area contributed by atoms with E-state index in [1.807, 2.05) is 0 Å². The molecule has 5 atom stereocenters. The predicted molar refractivity (Wildman–Crippen MR) is 107 cm³/mol. The summed E-state index contributed by atoms with van der Waals surface area (Å²) in [7, 11) is 0. The van der Waals surface area contributed by atoms with Crippen LogP contribution in [0.15, 0.2) is 39.5 Å². The van der Waals surface area contributed by atoms with Crippen LogP contribution in [0, 0.1) is 0 Å². The van der Waals surface area contributed by atoms with Crippen LogP contribution in [-0.2, 0) is 4.74 Å². The molecule has 0 spiro atoms. The maximum atomic E-state index is 12.5. The maximum absolute atomic E-state index is 12.5. The van der Waals surface area contributed by atoms with E-state index in [4.69, 9.17) is 9.15 Å². The van der Waals surface area contributed by atoms with Crippen LogP contribution >= 0.6 is 0 Å². The summed E-state index contributed by atoms with van der Waals surface area (Å²) >= 11 is 0. The number of hydrogen-bond donors (Lipinski definition) is 8. The second-order valence-corrected chi connectivity index (χ2v) is 7.47. The fraction of sp³-hybridized carbons (Fsp3) is 0.286. The fourth-order valence-corrected chi connectivity index (χ4v) is 3.73. The molecule has 11 heteroatoms. The molecule has 2 aromatic carbocycles. The lowest BCUT2D eigenvalue weighted by Crippen LogP contribution is -2.55. The molecule has 0 saturated carbocycles. The van der Waals surface area contributed by atoms with Gasteiger partial charge in [-0.1, -0.05) is 0 Å². The van der Waals surface area contributed by atoms with E-state index < -0.39 is 65.4 Å². The van der Waals surface area contributed by atoms with E-state index in [1.54, 1.807) is 0 Å². The van der Waals surface area contributed by atoms with Gasteiger partial charge >= 0.3 is 0 Å². The first kappa shape index (κ1) is 21.9. The first-order chi connectivity index (χ1) is 15.1. The number of aliphatic hydroxyl groups excluding tert-OH is 4. The topological polar surface area (TPSA) is 201 Å². The summed E-state index contributed by atoms with van der Waals surface area (Å²) in [4.78, 5) is 12.5. The number of rotatable bonds is 3. The van der Waals surface area contributed by atoms with Crippen LogP contribution in [0.4, 0.5) is 0 Å². The van der Waals surface area contributed by atoms with Gasteiger partial charge < -0.3 is 50.0 Å². The molecule has 2 heterocycles. The Hall–Kier alpha value is -3.35. The van der Waals surface area contributed by atoms with Gasteiger partial charge in [0, 0.05) is 23.3 Å². The molecule has 32 heavy (non-hydrogen) atoms. The molecule has 0 amide bonds. The lowest BCUT2D eigenvalue weighted by Gasteiger charge is -2.40. The monoisotopic (exact) mass is 448 g/mol. The van der Waals surface area contributed by atoms with Gasteiger partial charge in [-0.15, -0.1) is 0 Å². The fourth-order valence-electron chi connectivity index (χ4n) is 3.73. The van der Waals surface area contributed by atoms with Crippen LogP contribution in [0.1, 0.15) is 11.7 Å². The predicted octanol–water partition coefficient (Wildman–Crippen LogP) is -0.203. The van der Waals surface area contributed by atoms with Crippen LogP contribution < -0.4 is 5.43 Å². The number of benzene rings is 2. The van der Waals surface area contributed by atoms with Crippen molar-refractivity contribution >= 4 is 11.0 Å². The molecule has 1 aliphatic heterocycles. The van der Waals surface area contributed by atoms with Gasteiger partial charge in [-0.25, -0.2) is 0 Å². The Morgan fingerprint density at radius 2 is 1.56 bits per heavy atom. The molecule has 1 aliphatic rings. The summed E-state index contributed by atoms with van der Waals surface area (Å²) in [6.45, 7) is -0.659. The van der Waals surface area contributed by atoms with Crippen molar-refractivity contribution in [3.05, 3.63) is 46.1 Å². The summed E-state index contributed by atoms with van der Waals surface area (Å²) in [5.41, 5.74) is -1.05. The Labute approximate surface area is 179 Å². The zero-order valence-corrected chi connectivity index (χ0v) is 16.3. The first-order valence-electron chi connectivity index (χ1n) is 9.49. The third kappa shape index (κ3) is 3.42. The van der Waals surface area contributed by atoms with Gasteiger partial charge in [0.2, 0.25) is 5.75 Å². The second-order valence-electron chi connectivity index (χ2n) is 7.47. The highest BCUT2D eigenvalue weighted by atomic mass is 16.5. The van der Waals surface area contributed by atoms with Crippen molar-refractivity contribution in [3.8, 4) is 34.3 Å². The molecule has 0 aliphatic carbocycles. The summed E-state index contributed by atoms with van der Waals surface area (Å²) in [6.07, 6.45) is -7.47. The summed E-state index contributed by atoms with van der Waals surface area (Å²) in [5, 5.41) is 79.4. The van der Waals surface area contributed by atoms with Gasteiger partial charge in [0.1, 0.15) is 53.2 Å². The van der Waals surface area contributed by atoms with Crippen molar-refractivity contribution in [1.29, 1.82) is 0 Å². The molecular formula is C21H20O11. The van der Waals surface area contributed by atoms with Gasteiger partial charge in [0.25, 0.3) is 0 Å². The van der Waals surface area contributed by atoms with Crippen molar-refractivity contribution < 1.29 is 50.0 Å². The minimum Gasteiger partial charge on any atom is -0.508 e. The summed E-state index contributed by atoms with van der Waals surface area (Å²) in [5.74, 6) is -2.52. The smallest absolute Gasteiger partial charge is 0.202 e. The second kappa shape index (κ2) is 7.97. The zero-order chi connectivity index (χ0) is 23.3. The van der Waals surface area contributed by atoms with E-state index in [-0.39, 0.29) is 28.0 Å². The average molecular weight is 448 g/mol. The Bertz CT molecular complexity index is 1230. The van der Waals surface area contributed by atoms with Crippen LogP contribution in [0.3, 0.4) is 0 Å². The highest BCUT2D eigenvalue weighted by molar-refractivity contribution is 5.91. The van der Waals surface area contributed by atoms with E-state index in [0.717, 1.165) is 12.1 Å². The van der Waals surface area contributed by atoms with Gasteiger partial charge in [0.15, 0.2) is 16.8 Å². The number of phenols is 4. The molecule has 5 unspecified atom stereocenters. The molecule has 11 nitrogen and oxygen atoms in total. The molecule has 1 aromatic heterocycles. The average Bonchev–Trinajstić information content (AvgIpc) is 2.76. The quantitative estimate of drug-likeness (QED) is 0.195. The first-order valence-corrected chi connectivity index (χ1v) is 9.49. The number of hydrogen-bond acceptors (Lipinski definition) is 11. The van der Waals surface area contributed by atoms with Crippen molar-refractivity contribution in [1.82, 2.24) is 0 Å². The van der Waals surface area contributed by atoms with E-state index in [0.29, 0.717) is 0 Å². The Balaban J connectivity index is 1.84. The molecule has 3 aromatic rings. The largest absolute Gasteiger partial charge is 0.508 e. The van der Waals surface area contributed by atoms with Crippen molar-refractivity contribution in [3.63, 3.8) is 0 Å². The maximum Gasteiger partial charge on any atom is 0.202 e. The number of ether oxygens (including phenoxy) is 1. The van der Waals surface area contributed by atoms with Crippen molar-refractivity contribution in [2.75, 3.05) is 6.61 Å². The Morgan fingerprint density at radius 1 is 0.844 bits per heavy atom. The molecule has 1 fully saturated rings. The number of aliphatic hydroxyl groups is 4. The summed E-state index contributed by atoms with van der Waals surface area (Å²) in [6, 6.07) is 5.66. The number of aromatic hydroxyl groups is 4. The van der Waals surface area contributed by atoms with Gasteiger partial charge in [-0.3, -0.25) is 4.79 Å². The zero-order valence-electron chi connectivity index (χ0n) is 16.3. The van der Waals surface area contributed by atoms with Crippen LogP contribution in [0.5, 0.6) is 23.0 Å². The van der Waals surface area contributed by atoms with E-state index in [1.165, 1.54) is 18.2 Å². The van der Waals surface area contributed by atoms with Crippen LogP contribution in [0.25, 0.3) is 22.3 Å². The van der Waals surface area contributed by atoms with Crippen LogP contribution in [-0.4, -0.2) is 71.9 Å².